The normalized spacial score (nSPS) is 15.8. The van der Waals surface area contributed by atoms with Crippen LogP contribution in [0, 0.1) is 5.92 Å². The van der Waals surface area contributed by atoms with Crippen molar-refractivity contribution in [1.29, 1.82) is 0 Å². The number of piperidine rings is 1. The molecule has 1 N–H and O–H groups in total. The van der Waals surface area contributed by atoms with Crippen LogP contribution in [-0.2, 0) is 6.42 Å². The molecule has 3 heteroatoms. The van der Waals surface area contributed by atoms with Crippen LogP contribution in [0.2, 0.25) is 0 Å². The lowest BCUT2D eigenvalue weighted by atomic mass is 9.90. The number of nitrogens with zero attached hydrogens (tertiary/aromatic N) is 2. The minimum absolute atomic E-state index is 0.805. The molecule has 1 saturated heterocycles. The van der Waals surface area contributed by atoms with E-state index in [0.717, 1.165) is 37.1 Å². The third-order valence-electron chi connectivity index (χ3n) is 4.43. The molecule has 22 heavy (non-hydrogen) atoms. The van der Waals surface area contributed by atoms with Gasteiger partial charge in [0, 0.05) is 19.6 Å². The van der Waals surface area contributed by atoms with Crippen molar-refractivity contribution in [2.24, 2.45) is 5.92 Å². The minimum atomic E-state index is 0.805. The number of anilines is 2. The van der Waals surface area contributed by atoms with Crippen molar-refractivity contribution in [3.63, 3.8) is 0 Å². The standard InChI is InChI=1S/C19H25N3/c1-2-20-18-8-9-19(21-15-18)22-12-10-17(11-13-22)14-16-6-4-3-5-7-16/h3-9,15,17,20H,2,10-14H2,1H3. The largest absolute Gasteiger partial charge is 0.384 e. The molecule has 0 atom stereocenters. The molecule has 0 radical (unpaired) electrons. The molecule has 1 aliphatic heterocycles. The third-order valence-corrected chi connectivity index (χ3v) is 4.43. The first-order valence-electron chi connectivity index (χ1n) is 8.34. The summed E-state index contributed by atoms with van der Waals surface area (Å²) in [4.78, 5) is 7.01. The summed E-state index contributed by atoms with van der Waals surface area (Å²) in [5, 5.41) is 3.29. The van der Waals surface area contributed by atoms with Crippen LogP contribution in [0.15, 0.2) is 48.7 Å². The zero-order valence-electron chi connectivity index (χ0n) is 13.3. The van der Waals surface area contributed by atoms with Crippen LogP contribution in [0.5, 0.6) is 0 Å². The second-order valence-corrected chi connectivity index (χ2v) is 6.06. The van der Waals surface area contributed by atoms with Crippen molar-refractivity contribution in [3.05, 3.63) is 54.2 Å². The fraction of sp³-hybridized carbons (Fsp3) is 0.421. The Kier molecular flexibility index (Phi) is 4.94. The molecular weight excluding hydrogens is 270 g/mol. The van der Waals surface area contributed by atoms with E-state index in [4.69, 9.17) is 0 Å². The van der Waals surface area contributed by atoms with E-state index in [0.29, 0.717) is 0 Å². The first-order valence-corrected chi connectivity index (χ1v) is 8.34. The van der Waals surface area contributed by atoms with Gasteiger partial charge in [0.05, 0.1) is 11.9 Å². The zero-order chi connectivity index (χ0) is 15.2. The Morgan fingerprint density at radius 1 is 1.09 bits per heavy atom. The zero-order valence-corrected chi connectivity index (χ0v) is 13.3. The molecule has 0 amide bonds. The maximum Gasteiger partial charge on any atom is 0.128 e. The molecule has 0 spiro atoms. The summed E-state index contributed by atoms with van der Waals surface area (Å²) in [6.07, 6.45) is 5.66. The summed E-state index contributed by atoms with van der Waals surface area (Å²) >= 11 is 0. The molecule has 0 aliphatic carbocycles. The van der Waals surface area contributed by atoms with Crippen LogP contribution in [0.25, 0.3) is 0 Å². The molecule has 0 saturated carbocycles. The molecule has 2 heterocycles. The molecule has 1 aromatic carbocycles. The van der Waals surface area contributed by atoms with Crippen molar-refractivity contribution in [2.75, 3.05) is 29.9 Å². The van der Waals surface area contributed by atoms with E-state index in [1.54, 1.807) is 0 Å². The van der Waals surface area contributed by atoms with Crippen molar-refractivity contribution < 1.29 is 0 Å². The Labute approximate surface area is 133 Å². The predicted octanol–water partition coefficient (Wildman–Crippen LogP) is 3.97. The van der Waals surface area contributed by atoms with Crippen LogP contribution in [-0.4, -0.2) is 24.6 Å². The number of hydrogen-bond donors (Lipinski definition) is 1. The second-order valence-electron chi connectivity index (χ2n) is 6.06. The van der Waals surface area contributed by atoms with Gasteiger partial charge in [-0.25, -0.2) is 4.98 Å². The molecule has 116 valence electrons. The maximum atomic E-state index is 4.59. The van der Waals surface area contributed by atoms with Gasteiger partial charge in [-0.05, 0) is 49.8 Å². The van der Waals surface area contributed by atoms with Crippen molar-refractivity contribution in [3.8, 4) is 0 Å². The number of pyridine rings is 1. The van der Waals surface area contributed by atoms with Gasteiger partial charge in [-0.3, -0.25) is 0 Å². The van der Waals surface area contributed by atoms with E-state index in [-0.39, 0.29) is 0 Å². The van der Waals surface area contributed by atoms with Crippen molar-refractivity contribution in [1.82, 2.24) is 4.98 Å². The molecular formula is C19H25N3. The van der Waals surface area contributed by atoms with E-state index in [1.165, 1.54) is 24.8 Å². The summed E-state index contributed by atoms with van der Waals surface area (Å²) in [5.74, 6) is 1.92. The van der Waals surface area contributed by atoms with Gasteiger partial charge >= 0.3 is 0 Å². The van der Waals surface area contributed by atoms with E-state index in [1.807, 2.05) is 6.20 Å². The second kappa shape index (κ2) is 7.30. The number of nitrogens with one attached hydrogen (secondary N) is 1. The van der Waals surface area contributed by atoms with Gasteiger partial charge in [0.2, 0.25) is 0 Å². The molecule has 0 bridgehead atoms. The first kappa shape index (κ1) is 14.9. The van der Waals surface area contributed by atoms with Gasteiger partial charge in [-0.2, -0.15) is 0 Å². The first-order chi connectivity index (χ1) is 10.8. The average Bonchev–Trinajstić information content (AvgIpc) is 2.58. The van der Waals surface area contributed by atoms with Gasteiger partial charge in [-0.1, -0.05) is 30.3 Å². The van der Waals surface area contributed by atoms with Gasteiger partial charge in [0.15, 0.2) is 0 Å². The van der Waals surface area contributed by atoms with Crippen LogP contribution in [0.4, 0.5) is 11.5 Å². The molecule has 3 nitrogen and oxygen atoms in total. The number of benzene rings is 1. The van der Waals surface area contributed by atoms with Gasteiger partial charge in [-0.15, -0.1) is 0 Å². The summed E-state index contributed by atoms with van der Waals surface area (Å²) in [5.41, 5.74) is 2.57. The van der Waals surface area contributed by atoms with Crippen LogP contribution < -0.4 is 10.2 Å². The fourth-order valence-electron chi connectivity index (χ4n) is 3.20. The smallest absolute Gasteiger partial charge is 0.128 e. The molecule has 1 aromatic heterocycles. The lowest BCUT2D eigenvalue weighted by molar-refractivity contribution is 0.402. The molecule has 3 rings (SSSR count). The van der Waals surface area contributed by atoms with Crippen molar-refractivity contribution >= 4 is 11.5 Å². The van der Waals surface area contributed by atoms with Crippen molar-refractivity contribution in [2.45, 2.75) is 26.2 Å². The maximum absolute atomic E-state index is 4.59. The highest BCUT2D eigenvalue weighted by molar-refractivity contribution is 5.48. The average molecular weight is 295 g/mol. The Balaban J connectivity index is 1.53. The van der Waals surface area contributed by atoms with Crippen LogP contribution >= 0.6 is 0 Å². The highest BCUT2D eigenvalue weighted by Crippen LogP contribution is 2.25. The van der Waals surface area contributed by atoms with Crippen LogP contribution in [0.1, 0.15) is 25.3 Å². The molecule has 0 unspecified atom stereocenters. The van der Waals surface area contributed by atoms with Crippen LogP contribution in [0.3, 0.4) is 0 Å². The van der Waals surface area contributed by atoms with E-state index < -0.39 is 0 Å². The number of aromatic nitrogens is 1. The lowest BCUT2D eigenvalue weighted by Gasteiger charge is -2.33. The molecule has 2 aromatic rings. The summed E-state index contributed by atoms with van der Waals surface area (Å²) in [6, 6.07) is 15.1. The Bertz CT molecular complexity index is 557. The monoisotopic (exact) mass is 295 g/mol. The summed E-state index contributed by atoms with van der Waals surface area (Å²) in [7, 11) is 0. The number of hydrogen-bond acceptors (Lipinski definition) is 3. The SMILES string of the molecule is CCNc1ccc(N2CCC(Cc3ccccc3)CC2)nc1. The van der Waals surface area contributed by atoms with E-state index in [9.17, 15) is 0 Å². The Morgan fingerprint density at radius 2 is 1.86 bits per heavy atom. The lowest BCUT2D eigenvalue weighted by Crippen LogP contribution is -2.34. The summed E-state index contributed by atoms with van der Waals surface area (Å²) in [6.45, 7) is 5.27. The topological polar surface area (TPSA) is 28.2 Å². The van der Waals surface area contributed by atoms with Gasteiger partial charge in [0.1, 0.15) is 5.82 Å². The minimum Gasteiger partial charge on any atom is -0.384 e. The number of rotatable bonds is 5. The van der Waals surface area contributed by atoms with E-state index >= 15 is 0 Å². The van der Waals surface area contributed by atoms with Gasteiger partial charge < -0.3 is 10.2 Å². The quantitative estimate of drug-likeness (QED) is 0.904. The van der Waals surface area contributed by atoms with Gasteiger partial charge in [0.25, 0.3) is 0 Å². The molecule has 1 aliphatic rings. The third kappa shape index (κ3) is 3.79. The van der Waals surface area contributed by atoms with E-state index in [2.05, 4.69) is 64.6 Å². The summed E-state index contributed by atoms with van der Waals surface area (Å²) < 4.78 is 0. The highest BCUT2D eigenvalue weighted by atomic mass is 15.2. The predicted molar refractivity (Wildman–Crippen MR) is 93.5 cm³/mol. The Hall–Kier alpha value is -2.03. The fourth-order valence-corrected chi connectivity index (χ4v) is 3.20. The highest BCUT2D eigenvalue weighted by Gasteiger charge is 2.20. The molecule has 1 fully saturated rings. The Morgan fingerprint density at radius 3 is 2.50 bits per heavy atom.